The van der Waals surface area contributed by atoms with E-state index in [2.05, 4.69) is 14.8 Å². The number of nitrogens with zero attached hydrogens (tertiary/aromatic N) is 3. The van der Waals surface area contributed by atoms with Gasteiger partial charge in [-0.05, 0) is 35.9 Å². The van der Waals surface area contributed by atoms with Crippen molar-refractivity contribution in [1.29, 1.82) is 0 Å². The van der Waals surface area contributed by atoms with Gasteiger partial charge in [0.1, 0.15) is 5.75 Å². The number of hydrogen-bond donors (Lipinski definition) is 2. The highest BCUT2D eigenvalue weighted by atomic mass is 19.4. The van der Waals surface area contributed by atoms with Gasteiger partial charge in [0, 0.05) is 18.1 Å². The van der Waals surface area contributed by atoms with E-state index in [1.54, 1.807) is 6.07 Å². The van der Waals surface area contributed by atoms with Crippen LogP contribution in [0.15, 0.2) is 36.5 Å². The molecule has 0 aliphatic heterocycles. The first-order valence-electron chi connectivity index (χ1n) is 6.95. The Balaban J connectivity index is 2.07. The van der Waals surface area contributed by atoms with E-state index in [-0.39, 0.29) is 18.9 Å². The van der Waals surface area contributed by atoms with Crippen molar-refractivity contribution in [2.75, 3.05) is 0 Å². The van der Waals surface area contributed by atoms with E-state index in [0.29, 0.717) is 28.0 Å². The number of rotatable bonds is 4. The molecule has 126 valence electrons. The largest absolute Gasteiger partial charge is 0.573 e. The maximum absolute atomic E-state index is 12.2. The molecule has 0 atom stereocenters. The number of fused-ring (bicyclic) bond motifs is 1. The SMILES string of the molecule is NCc1nn(-c2ccc(OC(F)(F)F)cc2)c2nccc(CO)c12. The predicted molar refractivity (Wildman–Crippen MR) is 79.4 cm³/mol. The van der Waals surface area contributed by atoms with E-state index < -0.39 is 6.36 Å². The molecule has 6 nitrogen and oxygen atoms in total. The Labute approximate surface area is 134 Å². The normalized spacial score (nSPS) is 11.9. The monoisotopic (exact) mass is 338 g/mol. The van der Waals surface area contributed by atoms with E-state index in [0.717, 1.165) is 0 Å². The molecule has 9 heteroatoms. The second-order valence-corrected chi connectivity index (χ2v) is 4.93. The summed E-state index contributed by atoms with van der Waals surface area (Å²) in [5.41, 5.74) is 7.82. The molecular weight excluding hydrogens is 325 g/mol. The lowest BCUT2D eigenvalue weighted by Crippen LogP contribution is -2.17. The van der Waals surface area contributed by atoms with Crippen LogP contribution in [0.5, 0.6) is 5.75 Å². The highest BCUT2D eigenvalue weighted by Crippen LogP contribution is 2.27. The zero-order valence-electron chi connectivity index (χ0n) is 12.3. The molecule has 0 unspecified atom stereocenters. The highest BCUT2D eigenvalue weighted by molar-refractivity contribution is 5.83. The van der Waals surface area contributed by atoms with Crippen LogP contribution in [-0.4, -0.2) is 26.2 Å². The summed E-state index contributed by atoms with van der Waals surface area (Å²) in [5, 5.41) is 14.4. The smallest absolute Gasteiger partial charge is 0.406 e. The number of hydrogen-bond acceptors (Lipinski definition) is 5. The number of aliphatic hydroxyl groups excluding tert-OH is 1. The molecule has 0 saturated heterocycles. The van der Waals surface area contributed by atoms with Crippen molar-refractivity contribution in [3.05, 3.63) is 47.8 Å². The third-order valence-corrected chi connectivity index (χ3v) is 3.41. The Hall–Kier alpha value is -2.65. The topological polar surface area (TPSA) is 86.2 Å². The van der Waals surface area contributed by atoms with E-state index >= 15 is 0 Å². The maximum atomic E-state index is 12.2. The molecular formula is C15H13F3N4O2. The van der Waals surface area contributed by atoms with E-state index in [1.165, 1.54) is 35.1 Å². The van der Waals surface area contributed by atoms with Gasteiger partial charge in [-0.3, -0.25) is 0 Å². The van der Waals surface area contributed by atoms with Gasteiger partial charge in [-0.2, -0.15) is 5.10 Å². The number of pyridine rings is 1. The first-order valence-corrected chi connectivity index (χ1v) is 6.95. The zero-order valence-corrected chi connectivity index (χ0v) is 12.3. The van der Waals surface area contributed by atoms with Crippen molar-refractivity contribution in [1.82, 2.24) is 14.8 Å². The van der Waals surface area contributed by atoms with Crippen LogP contribution in [0.2, 0.25) is 0 Å². The average molecular weight is 338 g/mol. The minimum atomic E-state index is -4.75. The summed E-state index contributed by atoms with van der Waals surface area (Å²) in [6.45, 7) is -0.0620. The number of nitrogens with two attached hydrogens (primary N) is 1. The number of aromatic nitrogens is 3. The van der Waals surface area contributed by atoms with Gasteiger partial charge in [0.25, 0.3) is 0 Å². The van der Waals surface area contributed by atoms with Crippen LogP contribution < -0.4 is 10.5 Å². The number of benzene rings is 1. The molecule has 0 fully saturated rings. The third kappa shape index (κ3) is 3.03. The first-order chi connectivity index (χ1) is 11.4. The summed E-state index contributed by atoms with van der Waals surface area (Å²) in [6, 6.07) is 6.90. The van der Waals surface area contributed by atoms with Gasteiger partial charge >= 0.3 is 6.36 Å². The quantitative estimate of drug-likeness (QED) is 0.762. The number of alkyl halides is 3. The van der Waals surface area contributed by atoms with Crippen molar-refractivity contribution < 1.29 is 23.0 Å². The summed E-state index contributed by atoms with van der Waals surface area (Å²) >= 11 is 0. The molecule has 0 amide bonds. The minimum absolute atomic E-state index is 0.136. The van der Waals surface area contributed by atoms with Crippen LogP contribution in [0.1, 0.15) is 11.3 Å². The van der Waals surface area contributed by atoms with Gasteiger partial charge in [0.05, 0.1) is 18.0 Å². The summed E-state index contributed by atoms with van der Waals surface area (Å²) in [6.07, 6.45) is -3.22. The fourth-order valence-corrected chi connectivity index (χ4v) is 2.43. The van der Waals surface area contributed by atoms with Gasteiger partial charge in [-0.15, -0.1) is 13.2 Å². The van der Waals surface area contributed by atoms with Gasteiger partial charge in [0.15, 0.2) is 5.65 Å². The Morgan fingerprint density at radius 1 is 1.17 bits per heavy atom. The highest BCUT2D eigenvalue weighted by Gasteiger charge is 2.31. The summed E-state index contributed by atoms with van der Waals surface area (Å²) in [7, 11) is 0. The van der Waals surface area contributed by atoms with Gasteiger partial charge in [-0.25, -0.2) is 9.67 Å². The van der Waals surface area contributed by atoms with Crippen molar-refractivity contribution in [3.8, 4) is 11.4 Å². The van der Waals surface area contributed by atoms with Gasteiger partial charge in [0.2, 0.25) is 0 Å². The number of ether oxygens (including phenoxy) is 1. The first kappa shape index (κ1) is 16.2. The van der Waals surface area contributed by atoms with Gasteiger partial charge in [-0.1, -0.05) is 0 Å². The molecule has 2 heterocycles. The number of aliphatic hydroxyl groups is 1. The maximum Gasteiger partial charge on any atom is 0.573 e. The average Bonchev–Trinajstić information content (AvgIpc) is 2.93. The molecule has 24 heavy (non-hydrogen) atoms. The molecule has 3 aromatic rings. The Morgan fingerprint density at radius 3 is 2.46 bits per heavy atom. The van der Waals surface area contributed by atoms with Crippen LogP contribution in [0.4, 0.5) is 13.2 Å². The molecule has 2 aromatic heterocycles. The number of halogens is 3. The van der Waals surface area contributed by atoms with Crippen LogP contribution >= 0.6 is 0 Å². The fourth-order valence-electron chi connectivity index (χ4n) is 2.43. The van der Waals surface area contributed by atoms with Crippen LogP contribution in [-0.2, 0) is 13.2 Å². The zero-order chi connectivity index (χ0) is 17.3. The third-order valence-electron chi connectivity index (χ3n) is 3.41. The molecule has 0 radical (unpaired) electrons. The Morgan fingerprint density at radius 2 is 1.88 bits per heavy atom. The molecule has 0 saturated carbocycles. The van der Waals surface area contributed by atoms with Crippen LogP contribution in [0.25, 0.3) is 16.7 Å². The molecule has 0 spiro atoms. The van der Waals surface area contributed by atoms with Crippen molar-refractivity contribution in [3.63, 3.8) is 0 Å². The van der Waals surface area contributed by atoms with Crippen molar-refractivity contribution in [2.24, 2.45) is 5.73 Å². The van der Waals surface area contributed by atoms with Crippen LogP contribution in [0.3, 0.4) is 0 Å². The van der Waals surface area contributed by atoms with Gasteiger partial charge < -0.3 is 15.6 Å². The summed E-state index contributed by atoms with van der Waals surface area (Å²) in [5.74, 6) is -0.328. The van der Waals surface area contributed by atoms with Crippen molar-refractivity contribution >= 4 is 11.0 Å². The lowest BCUT2D eigenvalue weighted by molar-refractivity contribution is -0.274. The second kappa shape index (κ2) is 6.10. The van der Waals surface area contributed by atoms with Crippen LogP contribution in [0, 0.1) is 0 Å². The lowest BCUT2D eigenvalue weighted by Gasteiger charge is -2.09. The molecule has 3 rings (SSSR count). The molecule has 0 aliphatic rings. The molecule has 1 aromatic carbocycles. The summed E-state index contributed by atoms with van der Waals surface area (Å²) < 4.78 is 42.0. The minimum Gasteiger partial charge on any atom is -0.406 e. The lowest BCUT2D eigenvalue weighted by atomic mass is 10.1. The second-order valence-electron chi connectivity index (χ2n) is 4.93. The Kier molecular flexibility index (Phi) is 4.12. The Bertz CT molecular complexity index is 860. The summed E-state index contributed by atoms with van der Waals surface area (Å²) in [4.78, 5) is 4.24. The van der Waals surface area contributed by atoms with Crippen molar-refractivity contribution in [2.45, 2.75) is 19.5 Å². The molecule has 3 N–H and O–H groups in total. The molecule has 0 aliphatic carbocycles. The molecule has 0 bridgehead atoms. The standard InChI is InChI=1S/C15H13F3N4O2/c16-15(17,18)24-11-3-1-10(2-4-11)22-14-13(12(7-19)21-22)9(8-23)5-6-20-14/h1-6,23H,7-8,19H2. The predicted octanol–water partition coefficient (Wildman–Crippen LogP) is 2.27. The van der Waals surface area contributed by atoms with E-state index in [1.807, 2.05) is 0 Å². The van der Waals surface area contributed by atoms with E-state index in [9.17, 15) is 18.3 Å². The van der Waals surface area contributed by atoms with E-state index in [4.69, 9.17) is 5.73 Å². The fraction of sp³-hybridized carbons (Fsp3) is 0.200.